The van der Waals surface area contributed by atoms with Crippen molar-refractivity contribution < 1.29 is 43.8 Å². The summed E-state index contributed by atoms with van der Waals surface area (Å²) >= 11 is 0. The number of cyclic esters (lactones) is 1. The molecule has 1 saturated heterocycles. The molecular formula is C38H56N4O9. The summed E-state index contributed by atoms with van der Waals surface area (Å²) in [4.78, 5) is 14.8. The van der Waals surface area contributed by atoms with E-state index in [0.717, 1.165) is 5.56 Å². The fourth-order valence-electron chi connectivity index (χ4n) is 6.68. The van der Waals surface area contributed by atoms with E-state index in [1.807, 2.05) is 61.7 Å². The topological polar surface area (TPSA) is 158 Å². The maximum atomic E-state index is 13.1. The quantitative estimate of drug-likeness (QED) is 0.293. The van der Waals surface area contributed by atoms with Crippen molar-refractivity contribution in [3.05, 3.63) is 84.2 Å². The van der Waals surface area contributed by atoms with Crippen LogP contribution in [0.3, 0.4) is 0 Å². The van der Waals surface area contributed by atoms with Crippen LogP contribution in [-0.4, -0.2) is 124 Å². The van der Waals surface area contributed by atoms with E-state index in [1.54, 1.807) is 36.7 Å². The van der Waals surface area contributed by atoms with Gasteiger partial charge in [0, 0.05) is 26.2 Å². The van der Waals surface area contributed by atoms with Gasteiger partial charge in [0.25, 0.3) is 0 Å². The summed E-state index contributed by atoms with van der Waals surface area (Å²) < 4.78 is 32.1. The van der Waals surface area contributed by atoms with Crippen LogP contribution in [0.4, 0.5) is 0 Å². The molecule has 11 atom stereocenters. The van der Waals surface area contributed by atoms with E-state index in [4.69, 9.17) is 23.7 Å². The molecule has 4 rings (SSSR count). The average molecular weight is 713 g/mol. The van der Waals surface area contributed by atoms with Crippen LogP contribution in [0.15, 0.2) is 73.0 Å². The molecule has 0 saturated carbocycles. The zero-order valence-electron chi connectivity index (χ0n) is 30.6. The fraction of sp³-hybridized carbons (Fsp3) is 0.605. The van der Waals surface area contributed by atoms with Crippen molar-refractivity contribution in [2.75, 3.05) is 27.8 Å². The highest BCUT2D eigenvalue weighted by Crippen LogP contribution is 2.32. The number of aromatic nitrogens is 3. The molecule has 0 radical (unpaired) electrons. The van der Waals surface area contributed by atoms with Crippen LogP contribution in [0.1, 0.15) is 51.3 Å². The van der Waals surface area contributed by atoms with E-state index >= 15 is 0 Å². The van der Waals surface area contributed by atoms with Gasteiger partial charge in [0.05, 0.1) is 49.8 Å². The van der Waals surface area contributed by atoms with E-state index in [0.29, 0.717) is 31.5 Å². The maximum Gasteiger partial charge on any atom is 0.330 e. The minimum absolute atomic E-state index is 0.0575. The summed E-state index contributed by atoms with van der Waals surface area (Å²) in [6.07, 6.45) is 7.86. The lowest BCUT2D eigenvalue weighted by Gasteiger charge is -2.46. The molecule has 2 aliphatic heterocycles. The Hall–Kier alpha value is -3.27. The van der Waals surface area contributed by atoms with Gasteiger partial charge in [0.15, 0.2) is 6.29 Å². The van der Waals surface area contributed by atoms with Gasteiger partial charge in [-0.3, -0.25) is 0 Å². The highest BCUT2D eigenvalue weighted by atomic mass is 16.7. The van der Waals surface area contributed by atoms with Crippen LogP contribution in [0.25, 0.3) is 0 Å². The van der Waals surface area contributed by atoms with Crippen LogP contribution >= 0.6 is 0 Å². The number of carbonyl (C=O) groups excluding carboxylic acids is 1. The lowest BCUT2D eigenvalue weighted by atomic mass is 9.85. The Labute approximate surface area is 301 Å². The number of likely N-dealkylation sites (N-methyl/N-ethyl adjacent to an activating group) is 1. The second kappa shape index (κ2) is 20.1. The maximum absolute atomic E-state index is 13.1. The average Bonchev–Trinajstić information content (AvgIpc) is 3.54. The third-order valence-corrected chi connectivity index (χ3v) is 9.33. The van der Waals surface area contributed by atoms with Crippen LogP contribution in [0.5, 0.6) is 0 Å². The number of aliphatic hydroxyl groups excluding tert-OH is 3. The molecule has 3 heterocycles. The summed E-state index contributed by atoms with van der Waals surface area (Å²) in [7, 11) is 5.06. The summed E-state index contributed by atoms with van der Waals surface area (Å²) in [5, 5.41) is 40.6. The summed E-state index contributed by atoms with van der Waals surface area (Å²) in [5.41, 5.74) is 1.81. The Balaban J connectivity index is 1.51. The molecule has 282 valence electrons. The SMILES string of the molecule is CO[C@H]1/C=C/C(=O)O[C@H](C)C[C@H](OCc2cn(Cc3ccccc3)nn2)/C=C/C=C/[C@@H](C)CC(CCO)[C@@H]1O[C@@H]1O[C@H](C)[C@@H](O)[C@H](N(C)C)[C@H]1O. The number of hydrogen-bond donors (Lipinski definition) is 3. The Morgan fingerprint density at radius 3 is 2.47 bits per heavy atom. The van der Waals surface area contributed by atoms with Crippen molar-refractivity contribution in [2.45, 2.75) is 108 Å². The monoisotopic (exact) mass is 712 g/mol. The first-order valence-electron chi connectivity index (χ1n) is 17.7. The number of hydrogen-bond acceptors (Lipinski definition) is 12. The molecule has 1 fully saturated rings. The molecule has 2 aliphatic rings. The van der Waals surface area contributed by atoms with E-state index < -0.39 is 54.9 Å². The molecule has 13 nitrogen and oxygen atoms in total. The lowest BCUT2D eigenvalue weighted by Crippen LogP contribution is -2.63. The number of allylic oxidation sites excluding steroid dienone is 3. The zero-order valence-corrected chi connectivity index (χ0v) is 30.6. The van der Waals surface area contributed by atoms with Crippen LogP contribution in [-0.2, 0) is 41.6 Å². The van der Waals surface area contributed by atoms with E-state index in [1.165, 1.54) is 13.2 Å². The van der Waals surface area contributed by atoms with Crippen LogP contribution < -0.4 is 0 Å². The van der Waals surface area contributed by atoms with Crippen LogP contribution in [0.2, 0.25) is 0 Å². The van der Waals surface area contributed by atoms with Gasteiger partial charge in [0.2, 0.25) is 0 Å². The number of methoxy groups -OCH3 is 1. The van der Waals surface area contributed by atoms with Crippen molar-refractivity contribution in [3.8, 4) is 0 Å². The first kappa shape index (κ1) is 40.5. The van der Waals surface area contributed by atoms with Crippen LogP contribution in [0, 0.1) is 11.8 Å². The van der Waals surface area contributed by atoms with Gasteiger partial charge in [-0.2, -0.15) is 0 Å². The first-order valence-corrected chi connectivity index (χ1v) is 17.7. The molecule has 0 spiro atoms. The van der Waals surface area contributed by atoms with Crippen molar-refractivity contribution >= 4 is 5.97 Å². The Bertz CT molecular complexity index is 1420. The van der Waals surface area contributed by atoms with Gasteiger partial charge in [0.1, 0.15) is 24.0 Å². The van der Waals surface area contributed by atoms with E-state index in [-0.39, 0.29) is 31.2 Å². The van der Waals surface area contributed by atoms with Crippen molar-refractivity contribution in [1.29, 1.82) is 0 Å². The normalized spacial score (nSPS) is 34.5. The highest BCUT2D eigenvalue weighted by molar-refractivity contribution is 5.82. The smallest absolute Gasteiger partial charge is 0.330 e. The predicted molar refractivity (Wildman–Crippen MR) is 190 cm³/mol. The second-order valence-corrected chi connectivity index (χ2v) is 13.8. The first-order chi connectivity index (χ1) is 24.5. The lowest BCUT2D eigenvalue weighted by molar-refractivity contribution is -0.304. The molecule has 1 unspecified atom stereocenters. The minimum atomic E-state index is -1.17. The number of esters is 1. The third kappa shape index (κ3) is 12.1. The van der Waals surface area contributed by atoms with E-state index in [2.05, 4.69) is 23.3 Å². The minimum Gasteiger partial charge on any atom is -0.459 e. The van der Waals surface area contributed by atoms with E-state index in [9.17, 15) is 20.1 Å². The van der Waals surface area contributed by atoms with Gasteiger partial charge in [-0.1, -0.05) is 66.8 Å². The van der Waals surface area contributed by atoms with Gasteiger partial charge in [-0.15, -0.1) is 5.10 Å². The molecule has 3 N–H and O–H groups in total. The molecule has 2 aromatic rings. The highest BCUT2D eigenvalue weighted by Gasteiger charge is 2.46. The third-order valence-electron chi connectivity index (χ3n) is 9.33. The van der Waals surface area contributed by atoms with Gasteiger partial charge in [-0.25, -0.2) is 9.48 Å². The number of carbonyl (C=O) groups is 1. The molecule has 13 heteroatoms. The number of aliphatic hydroxyl groups is 3. The standard InChI is InChI=1S/C38H56N4O9/c1-25-12-10-11-15-31(48-24-30-23-42(40-39-30)22-28-13-8-7-9-14-28)21-26(2)49-33(44)17-16-32(47-6)37(29(20-25)18-19-43)51-38-36(46)34(41(4)5)35(45)27(3)50-38/h7-17,23,25-27,29,31-32,34-38,43,45-46H,18-22,24H2,1-6H3/b12-10+,15-11+,17-16+/t25-,26-,27-,29?,31-,32+,34+,35-,36-,37+,38+/m1/s1. The molecule has 0 amide bonds. The Morgan fingerprint density at radius 1 is 1.02 bits per heavy atom. The van der Waals surface area contributed by atoms with Gasteiger partial charge in [-0.05, 0) is 64.3 Å². The van der Waals surface area contributed by atoms with Crippen molar-refractivity contribution in [2.24, 2.45) is 11.8 Å². The molecule has 1 aromatic carbocycles. The van der Waals surface area contributed by atoms with Gasteiger partial charge < -0.3 is 43.9 Å². The number of benzene rings is 1. The molecule has 0 aliphatic carbocycles. The molecular weight excluding hydrogens is 656 g/mol. The summed E-state index contributed by atoms with van der Waals surface area (Å²) in [6.45, 7) is 6.34. The number of nitrogens with zero attached hydrogens (tertiary/aromatic N) is 4. The van der Waals surface area contributed by atoms with Gasteiger partial charge >= 0.3 is 5.97 Å². The Morgan fingerprint density at radius 2 is 1.76 bits per heavy atom. The largest absolute Gasteiger partial charge is 0.459 e. The molecule has 1 aromatic heterocycles. The molecule has 0 bridgehead atoms. The zero-order chi connectivity index (χ0) is 36.9. The Kier molecular flexibility index (Phi) is 16.0. The summed E-state index contributed by atoms with van der Waals surface area (Å²) in [5.74, 6) is -0.771. The second-order valence-electron chi connectivity index (χ2n) is 13.8. The summed E-state index contributed by atoms with van der Waals surface area (Å²) in [6, 6.07) is 9.38. The van der Waals surface area contributed by atoms with Crippen molar-refractivity contribution in [3.63, 3.8) is 0 Å². The molecule has 51 heavy (non-hydrogen) atoms. The van der Waals surface area contributed by atoms with Crippen molar-refractivity contribution in [1.82, 2.24) is 19.9 Å². The number of ether oxygens (including phenoxy) is 5. The number of rotatable bonds is 11. The predicted octanol–water partition coefficient (Wildman–Crippen LogP) is 3.04. The fourth-order valence-corrected chi connectivity index (χ4v) is 6.68.